The van der Waals surface area contributed by atoms with Crippen LogP contribution >= 0.6 is 0 Å². The van der Waals surface area contributed by atoms with E-state index in [1.807, 2.05) is 6.07 Å². The molecule has 0 atom stereocenters. The molecule has 0 radical (unpaired) electrons. The van der Waals surface area contributed by atoms with Crippen molar-refractivity contribution in [2.24, 2.45) is 5.73 Å². The van der Waals surface area contributed by atoms with Crippen LogP contribution in [0, 0.1) is 5.41 Å². The van der Waals surface area contributed by atoms with Crippen molar-refractivity contribution in [1.82, 2.24) is 4.90 Å². The van der Waals surface area contributed by atoms with Crippen LogP contribution in [0.3, 0.4) is 0 Å². The zero-order valence-electron chi connectivity index (χ0n) is 11.3. The summed E-state index contributed by atoms with van der Waals surface area (Å²) in [6.45, 7) is 3.91. The van der Waals surface area contributed by atoms with Crippen LogP contribution in [0.25, 0.3) is 0 Å². The van der Waals surface area contributed by atoms with Crippen LogP contribution in [0.1, 0.15) is 18.4 Å². The average molecular weight is 263 g/mol. The highest BCUT2D eigenvalue weighted by Gasteiger charge is 2.11. The summed E-state index contributed by atoms with van der Waals surface area (Å²) in [6.07, 6.45) is 2.57. The van der Waals surface area contributed by atoms with Crippen molar-refractivity contribution in [2.45, 2.75) is 12.8 Å². The largest absolute Gasteiger partial charge is 0.497 e. The van der Waals surface area contributed by atoms with Gasteiger partial charge in [-0.25, -0.2) is 0 Å². The quantitative estimate of drug-likeness (QED) is 0.602. The van der Waals surface area contributed by atoms with Crippen LogP contribution in [-0.2, 0) is 0 Å². The van der Waals surface area contributed by atoms with Crippen molar-refractivity contribution in [3.05, 3.63) is 23.8 Å². The fraction of sp³-hybridized carbons (Fsp3) is 0.500. The highest BCUT2D eigenvalue weighted by molar-refractivity contribution is 5.95. The van der Waals surface area contributed by atoms with Crippen molar-refractivity contribution < 1.29 is 9.47 Å². The van der Waals surface area contributed by atoms with Gasteiger partial charge in [-0.3, -0.25) is 10.3 Å². The number of amidine groups is 1. The van der Waals surface area contributed by atoms with Crippen molar-refractivity contribution in [2.75, 3.05) is 33.4 Å². The standard InChI is InChI=1S/C14H21N3O2/c1-18-12-8-11(14(15)16)9-13(10-12)19-7-6-17-4-2-3-5-17/h8-10H,2-7H2,1H3,(H3,15,16). The van der Waals surface area contributed by atoms with E-state index in [1.165, 1.54) is 25.9 Å². The van der Waals surface area contributed by atoms with Crippen molar-refractivity contribution >= 4 is 5.84 Å². The Kier molecular flexibility index (Phi) is 4.63. The molecule has 1 aliphatic heterocycles. The maximum absolute atomic E-state index is 7.48. The molecule has 5 nitrogen and oxygen atoms in total. The molecule has 0 spiro atoms. The molecule has 5 heteroatoms. The van der Waals surface area contributed by atoms with Crippen LogP contribution in [0.4, 0.5) is 0 Å². The molecule has 104 valence electrons. The maximum Gasteiger partial charge on any atom is 0.123 e. The van der Waals surface area contributed by atoms with E-state index in [0.717, 1.165) is 6.54 Å². The van der Waals surface area contributed by atoms with Gasteiger partial charge in [-0.1, -0.05) is 0 Å². The summed E-state index contributed by atoms with van der Waals surface area (Å²) in [7, 11) is 1.59. The molecule has 1 aliphatic rings. The van der Waals surface area contributed by atoms with Gasteiger partial charge in [0.1, 0.15) is 23.9 Å². The molecular formula is C14H21N3O2. The number of ether oxygens (including phenoxy) is 2. The minimum atomic E-state index is 0.0169. The van der Waals surface area contributed by atoms with Crippen molar-refractivity contribution in [3.8, 4) is 11.5 Å². The summed E-state index contributed by atoms with van der Waals surface area (Å²) in [5.41, 5.74) is 6.12. The maximum atomic E-state index is 7.48. The summed E-state index contributed by atoms with van der Waals surface area (Å²) < 4.78 is 10.9. The molecule has 1 aromatic rings. The Labute approximate surface area is 113 Å². The van der Waals surface area contributed by atoms with E-state index in [9.17, 15) is 0 Å². The molecule has 1 heterocycles. The molecule has 1 saturated heterocycles. The Hall–Kier alpha value is -1.75. The lowest BCUT2D eigenvalue weighted by Crippen LogP contribution is -2.25. The highest BCUT2D eigenvalue weighted by atomic mass is 16.5. The highest BCUT2D eigenvalue weighted by Crippen LogP contribution is 2.22. The fourth-order valence-corrected chi connectivity index (χ4v) is 2.23. The minimum absolute atomic E-state index is 0.0169. The third-order valence-electron chi connectivity index (χ3n) is 3.30. The molecule has 3 N–H and O–H groups in total. The third-order valence-corrected chi connectivity index (χ3v) is 3.30. The Bertz CT molecular complexity index is 442. The van der Waals surface area contributed by atoms with Gasteiger partial charge >= 0.3 is 0 Å². The number of benzene rings is 1. The Morgan fingerprint density at radius 2 is 1.95 bits per heavy atom. The SMILES string of the molecule is COc1cc(OCCN2CCCC2)cc(C(=N)N)c1. The van der Waals surface area contributed by atoms with E-state index < -0.39 is 0 Å². The van der Waals surface area contributed by atoms with E-state index >= 15 is 0 Å². The van der Waals surface area contributed by atoms with E-state index in [1.54, 1.807) is 19.2 Å². The third kappa shape index (κ3) is 3.86. The summed E-state index contributed by atoms with van der Waals surface area (Å²) >= 11 is 0. The summed E-state index contributed by atoms with van der Waals surface area (Å²) in [5, 5.41) is 7.48. The lowest BCUT2D eigenvalue weighted by molar-refractivity contribution is 0.237. The molecule has 0 aliphatic carbocycles. The lowest BCUT2D eigenvalue weighted by atomic mass is 10.2. The normalized spacial score (nSPS) is 15.4. The van der Waals surface area contributed by atoms with Gasteiger partial charge in [0.2, 0.25) is 0 Å². The van der Waals surface area contributed by atoms with Crippen LogP contribution in [0.2, 0.25) is 0 Å². The second-order valence-corrected chi connectivity index (χ2v) is 4.71. The number of nitrogens with zero attached hydrogens (tertiary/aromatic N) is 1. The number of hydrogen-bond acceptors (Lipinski definition) is 4. The van der Waals surface area contributed by atoms with E-state index in [0.29, 0.717) is 23.7 Å². The number of hydrogen-bond donors (Lipinski definition) is 2. The van der Waals surface area contributed by atoms with Crippen LogP contribution in [0.5, 0.6) is 11.5 Å². The van der Waals surface area contributed by atoms with Gasteiger partial charge in [-0.2, -0.15) is 0 Å². The number of nitrogen functional groups attached to an aromatic ring is 1. The van der Waals surface area contributed by atoms with Gasteiger partial charge in [0.15, 0.2) is 0 Å². The Balaban J connectivity index is 1.94. The van der Waals surface area contributed by atoms with Crippen LogP contribution < -0.4 is 15.2 Å². The van der Waals surface area contributed by atoms with E-state index in [-0.39, 0.29) is 5.84 Å². The lowest BCUT2D eigenvalue weighted by Gasteiger charge is -2.15. The smallest absolute Gasteiger partial charge is 0.123 e. The molecular weight excluding hydrogens is 242 g/mol. The molecule has 0 aromatic heterocycles. The first-order valence-corrected chi connectivity index (χ1v) is 6.57. The number of methoxy groups -OCH3 is 1. The second kappa shape index (κ2) is 6.43. The van der Waals surface area contributed by atoms with Gasteiger partial charge in [0.25, 0.3) is 0 Å². The van der Waals surface area contributed by atoms with Gasteiger partial charge in [0, 0.05) is 18.2 Å². The van der Waals surface area contributed by atoms with Crippen molar-refractivity contribution in [3.63, 3.8) is 0 Å². The Morgan fingerprint density at radius 3 is 2.58 bits per heavy atom. The van der Waals surface area contributed by atoms with Crippen molar-refractivity contribution in [1.29, 1.82) is 5.41 Å². The number of likely N-dealkylation sites (tertiary alicyclic amines) is 1. The zero-order chi connectivity index (χ0) is 13.7. The van der Waals surface area contributed by atoms with Crippen LogP contribution in [-0.4, -0.2) is 44.1 Å². The van der Waals surface area contributed by atoms with Gasteiger partial charge in [-0.15, -0.1) is 0 Å². The summed E-state index contributed by atoms with van der Waals surface area (Å²) in [4.78, 5) is 2.39. The second-order valence-electron chi connectivity index (χ2n) is 4.71. The van der Waals surface area contributed by atoms with E-state index in [4.69, 9.17) is 20.6 Å². The predicted molar refractivity (Wildman–Crippen MR) is 75.2 cm³/mol. The molecule has 19 heavy (non-hydrogen) atoms. The zero-order valence-corrected chi connectivity index (χ0v) is 11.3. The van der Waals surface area contributed by atoms with Gasteiger partial charge in [-0.05, 0) is 38.1 Å². The summed E-state index contributed by atoms with van der Waals surface area (Å²) in [6, 6.07) is 5.32. The number of nitrogens with one attached hydrogen (secondary N) is 1. The number of rotatable bonds is 6. The van der Waals surface area contributed by atoms with E-state index in [2.05, 4.69) is 4.90 Å². The average Bonchev–Trinajstić information content (AvgIpc) is 2.91. The first kappa shape index (κ1) is 13.7. The molecule has 0 bridgehead atoms. The van der Waals surface area contributed by atoms with Crippen LogP contribution in [0.15, 0.2) is 18.2 Å². The molecule has 0 unspecified atom stereocenters. The molecule has 1 fully saturated rings. The summed E-state index contributed by atoms with van der Waals surface area (Å²) in [5.74, 6) is 1.37. The molecule has 0 saturated carbocycles. The topological polar surface area (TPSA) is 71.6 Å². The monoisotopic (exact) mass is 263 g/mol. The predicted octanol–water partition coefficient (Wildman–Crippen LogP) is 1.45. The first-order valence-electron chi connectivity index (χ1n) is 6.57. The van der Waals surface area contributed by atoms with Gasteiger partial charge in [0.05, 0.1) is 7.11 Å². The van der Waals surface area contributed by atoms with Gasteiger partial charge < -0.3 is 15.2 Å². The Morgan fingerprint density at radius 1 is 1.26 bits per heavy atom. The number of nitrogens with two attached hydrogens (primary N) is 1. The molecule has 2 rings (SSSR count). The fourth-order valence-electron chi connectivity index (χ4n) is 2.23. The minimum Gasteiger partial charge on any atom is -0.497 e. The molecule has 0 amide bonds. The molecule has 1 aromatic carbocycles. The first-order chi connectivity index (χ1) is 9.19.